The highest BCUT2D eigenvalue weighted by atomic mass is 19.1. The number of anilines is 1. The second-order valence-corrected chi connectivity index (χ2v) is 8.23. The van der Waals surface area contributed by atoms with Gasteiger partial charge in [-0.2, -0.15) is 0 Å². The standard InChI is InChI=1S/C26H25FN6O/c1-18-3-2-4-24(30-18)26-29-10-8-21(32-26)16-20-7-9-28-25(31-20)15-19-5-6-22(17-23(19)27)33-11-13-34-14-12-33/h2-10,17H,11-16H2,1H3. The Morgan fingerprint density at radius 2 is 1.68 bits per heavy atom. The summed E-state index contributed by atoms with van der Waals surface area (Å²) < 4.78 is 20.2. The van der Waals surface area contributed by atoms with Crippen molar-refractivity contribution in [1.82, 2.24) is 24.9 Å². The van der Waals surface area contributed by atoms with E-state index in [0.717, 1.165) is 41.6 Å². The highest BCUT2D eigenvalue weighted by molar-refractivity contribution is 5.50. The molecule has 3 aromatic heterocycles. The largest absolute Gasteiger partial charge is 0.378 e. The fourth-order valence-corrected chi connectivity index (χ4v) is 3.96. The topological polar surface area (TPSA) is 76.9 Å². The van der Waals surface area contributed by atoms with Gasteiger partial charge in [0.15, 0.2) is 5.82 Å². The molecule has 1 aliphatic heterocycles. The van der Waals surface area contributed by atoms with Crippen LogP contribution in [0.5, 0.6) is 0 Å². The van der Waals surface area contributed by atoms with Crippen LogP contribution in [-0.4, -0.2) is 51.2 Å². The molecule has 0 unspecified atom stereocenters. The van der Waals surface area contributed by atoms with Gasteiger partial charge in [0.2, 0.25) is 0 Å². The van der Waals surface area contributed by atoms with Gasteiger partial charge in [0.05, 0.1) is 24.6 Å². The lowest BCUT2D eigenvalue weighted by molar-refractivity contribution is 0.122. The molecule has 34 heavy (non-hydrogen) atoms. The molecule has 8 heteroatoms. The summed E-state index contributed by atoms with van der Waals surface area (Å²) in [7, 11) is 0. The fraction of sp³-hybridized carbons (Fsp3) is 0.269. The zero-order valence-corrected chi connectivity index (χ0v) is 19.0. The summed E-state index contributed by atoms with van der Waals surface area (Å²) in [5, 5.41) is 0. The molecular formula is C26H25FN6O. The molecule has 1 aromatic carbocycles. The minimum atomic E-state index is -0.246. The van der Waals surface area contributed by atoms with Gasteiger partial charge in [-0.15, -0.1) is 0 Å². The van der Waals surface area contributed by atoms with Gasteiger partial charge < -0.3 is 9.64 Å². The number of aryl methyl sites for hydroxylation is 1. The van der Waals surface area contributed by atoms with Crippen LogP contribution in [0.1, 0.15) is 28.5 Å². The Bertz CT molecular complexity index is 1290. The van der Waals surface area contributed by atoms with Crippen LogP contribution in [0.25, 0.3) is 11.5 Å². The summed E-state index contributed by atoms with van der Waals surface area (Å²) in [4.78, 5) is 24.7. The molecule has 4 aromatic rings. The van der Waals surface area contributed by atoms with Gasteiger partial charge in [0, 0.05) is 49.7 Å². The van der Waals surface area contributed by atoms with E-state index in [1.54, 1.807) is 18.5 Å². The van der Waals surface area contributed by atoms with Crippen molar-refractivity contribution in [3.63, 3.8) is 0 Å². The average Bonchev–Trinajstić information content (AvgIpc) is 2.86. The second kappa shape index (κ2) is 10.0. The number of benzene rings is 1. The zero-order chi connectivity index (χ0) is 23.3. The third kappa shape index (κ3) is 5.23. The highest BCUT2D eigenvalue weighted by Crippen LogP contribution is 2.21. The van der Waals surface area contributed by atoms with Crippen molar-refractivity contribution in [2.75, 3.05) is 31.2 Å². The number of ether oxygens (including phenoxy) is 1. The molecule has 7 nitrogen and oxygen atoms in total. The van der Waals surface area contributed by atoms with Gasteiger partial charge in [-0.05, 0) is 48.9 Å². The Balaban J connectivity index is 1.30. The molecule has 4 heterocycles. The minimum Gasteiger partial charge on any atom is -0.378 e. The predicted molar refractivity (Wildman–Crippen MR) is 127 cm³/mol. The third-order valence-electron chi connectivity index (χ3n) is 5.72. The average molecular weight is 457 g/mol. The molecule has 0 amide bonds. The lowest BCUT2D eigenvalue weighted by atomic mass is 10.1. The second-order valence-electron chi connectivity index (χ2n) is 8.23. The molecular weight excluding hydrogens is 431 g/mol. The van der Waals surface area contributed by atoms with Gasteiger partial charge in [-0.3, -0.25) is 0 Å². The van der Waals surface area contributed by atoms with E-state index in [0.29, 0.717) is 43.3 Å². The molecule has 172 valence electrons. The predicted octanol–water partition coefficient (Wildman–Crippen LogP) is 3.79. The molecule has 0 bridgehead atoms. The van der Waals surface area contributed by atoms with Gasteiger partial charge in [-0.1, -0.05) is 12.1 Å². The number of morpholine rings is 1. The fourth-order valence-electron chi connectivity index (χ4n) is 3.96. The number of aromatic nitrogens is 5. The normalized spacial score (nSPS) is 13.8. The number of nitrogens with zero attached hydrogens (tertiary/aromatic N) is 6. The molecule has 1 aliphatic rings. The molecule has 1 fully saturated rings. The maximum atomic E-state index is 14.8. The molecule has 1 saturated heterocycles. The Morgan fingerprint density at radius 1 is 0.882 bits per heavy atom. The summed E-state index contributed by atoms with van der Waals surface area (Å²) in [5.41, 5.74) is 4.75. The van der Waals surface area contributed by atoms with Gasteiger partial charge in [0.25, 0.3) is 0 Å². The molecule has 0 atom stereocenters. The van der Waals surface area contributed by atoms with Crippen LogP contribution < -0.4 is 4.90 Å². The number of pyridine rings is 1. The first kappa shape index (κ1) is 22.0. The van der Waals surface area contributed by atoms with Crippen molar-refractivity contribution in [3.05, 3.63) is 95.2 Å². The maximum absolute atomic E-state index is 14.8. The number of hydrogen-bond acceptors (Lipinski definition) is 7. The van der Waals surface area contributed by atoms with Crippen LogP contribution in [0.2, 0.25) is 0 Å². The Labute approximate surface area is 197 Å². The zero-order valence-electron chi connectivity index (χ0n) is 19.0. The van der Waals surface area contributed by atoms with Crippen LogP contribution in [0.15, 0.2) is 60.9 Å². The van der Waals surface area contributed by atoms with E-state index in [2.05, 4.69) is 29.8 Å². The monoisotopic (exact) mass is 456 g/mol. The van der Waals surface area contributed by atoms with E-state index < -0.39 is 0 Å². The summed E-state index contributed by atoms with van der Waals surface area (Å²) in [6.45, 7) is 4.82. The van der Waals surface area contributed by atoms with E-state index in [1.165, 1.54) is 0 Å². The SMILES string of the molecule is Cc1cccc(-c2nccc(Cc3ccnc(Cc4ccc(N5CCOCC5)cc4F)n3)n2)n1. The third-order valence-corrected chi connectivity index (χ3v) is 5.72. The van der Waals surface area contributed by atoms with E-state index in [9.17, 15) is 4.39 Å². The molecule has 0 N–H and O–H groups in total. The van der Waals surface area contributed by atoms with Crippen molar-refractivity contribution >= 4 is 5.69 Å². The van der Waals surface area contributed by atoms with Gasteiger partial charge in [-0.25, -0.2) is 29.3 Å². The van der Waals surface area contributed by atoms with Gasteiger partial charge in [0.1, 0.15) is 17.3 Å². The number of rotatable bonds is 6. The van der Waals surface area contributed by atoms with E-state index in [-0.39, 0.29) is 5.82 Å². The van der Waals surface area contributed by atoms with Crippen molar-refractivity contribution in [2.24, 2.45) is 0 Å². The lowest BCUT2D eigenvalue weighted by Crippen LogP contribution is -2.36. The maximum Gasteiger partial charge on any atom is 0.178 e. The highest BCUT2D eigenvalue weighted by Gasteiger charge is 2.14. The summed E-state index contributed by atoms with van der Waals surface area (Å²) in [6, 6.07) is 14.9. The van der Waals surface area contributed by atoms with Crippen molar-refractivity contribution in [1.29, 1.82) is 0 Å². The molecule has 0 saturated carbocycles. The van der Waals surface area contributed by atoms with Crippen molar-refractivity contribution in [3.8, 4) is 11.5 Å². The Hall–Kier alpha value is -3.78. The lowest BCUT2D eigenvalue weighted by Gasteiger charge is -2.29. The smallest absolute Gasteiger partial charge is 0.178 e. The van der Waals surface area contributed by atoms with Crippen LogP contribution >= 0.6 is 0 Å². The molecule has 0 spiro atoms. The molecule has 0 radical (unpaired) electrons. The first-order valence-corrected chi connectivity index (χ1v) is 11.3. The van der Waals surface area contributed by atoms with E-state index in [1.807, 2.05) is 49.4 Å². The van der Waals surface area contributed by atoms with Gasteiger partial charge >= 0.3 is 0 Å². The van der Waals surface area contributed by atoms with Crippen LogP contribution in [0.4, 0.5) is 10.1 Å². The van der Waals surface area contributed by atoms with Crippen molar-refractivity contribution < 1.29 is 9.13 Å². The van der Waals surface area contributed by atoms with Crippen molar-refractivity contribution in [2.45, 2.75) is 19.8 Å². The Morgan fingerprint density at radius 3 is 2.47 bits per heavy atom. The number of halogens is 1. The molecule has 0 aliphatic carbocycles. The Kier molecular flexibility index (Phi) is 6.49. The van der Waals surface area contributed by atoms with Crippen LogP contribution in [0.3, 0.4) is 0 Å². The van der Waals surface area contributed by atoms with Crippen LogP contribution in [-0.2, 0) is 17.6 Å². The quantitative estimate of drug-likeness (QED) is 0.437. The summed E-state index contributed by atoms with van der Waals surface area (Å²) in [5.74, 6) is 0.909. The minimum absolute atomic E-state index is 0.246. The first-order valence-electron chi connectivity index (χ1n) is 11.3. The first-order chi connectivity index (χ1) is 16.6. The van der Waals surface area contributed by atoms with E-state index in [4.69, 9.17) is 4.74 Å². The molecule has 5 rings (SSSR count). The summed E-state index contributed by atoms with van der Waals surface area (Å²) in [6.07, 6.45) is 4.29. The summed E-state index contributed by atoms with van der Waals surface area (Å²) >= 11 is 0. The van der Waals surface area contributed by atoms with E-state index >= 15 is 0 Å². The number of hydrogen-bond donors (Lipinski definition) is 0. The van der Waals surface area contributed by atoms with Crippen LogP contribution in [0, 0.1) is 12.7 Å².